The van der Waals surface area contributed by atoms with Crippen molar-refractivity contribution < 1.29 is 9.18 Å². The normalized spacial score (nSPS) is 13.8. The highest BCUT2D eigenvalue weighted by atomic mass is 32.1. The molecule has 3 heterocycles. The lowest BCUT2D eigenvalue weighted by Gasteiger charge is -2.31. The molecule has 2 aromatic carbocycles. The molecule has 0 bridgehead atoms. The van der Waals surface area contributed by atoms with Gasteiger partial charge in [0, 0.05) is 55.1 Å². The van der Waals surface area contributed by atoms with E-state index in [1.807, 2.05) is 25.1 Å². The van der Waals surface area contributed by atoms with E-state index >= 15 is 0 Å². The van der Waals surface area contributed by atoms with Gasteiger partial charge in [0.1, 0.15) is 15.5 Å². The second kappa shape index (κ2) is 10.0. The Morgan fingerprint density at radius 2 is 2.00 bits per heavy atom. The van der Waals surface area contributed by atoms with Crippen LogP contribution in [-0.4, -0.2) is 43.6 Å². The fourth-order valence-electron chi connectivity index (χ4n) is 4.47. The molecule has 0 atom stereocenters. The topological polar surface area (TPSA) is 83.3 Å². The van der Waals surface area contributed by atoms with E-state index in [0.717, 1.165) is 64.5 Å². The van der Waals surface area contributed by atoms with Crippen molar-refractivity contribution in [1.29, 1.82) is 0 Å². The zero-order valence-corrected chi connectivity index (χ0v) is 20.4. The molecule has 0 unspecified atom stereocenters. The van der Waals surface area contributed by atoms with Crippen molar-refractivity contribution >= 4 is 38.8 Å². The summed E-state index contributed by atoms with van der Waals surface area (Å²) in [5.74, 6) is -0.442. The van der Waals surface area contributed by atoms with Gasteiger partial charge in [0.2, 0.25) is 0 Å². The Balaban J connectivity index is 1.33. The first-order chi connectivity index (χ1) is 17.0. The molecule has 1 aliphatic heterocycles. The van der Waals surface area contributed by atoms with Gasteiger partial charge in [-0.05, 0) is 60.9 Å². The fraction of sp³-hybridized carbons (Fsp3) is 0.259. The second-order valence-corrected chi connectivity index (χ2v) is 9.75. The van der Waals surface area contributed by atoms with Crippen LogP contribution in [0.5, 0.6) is 0 Å². The van der Waals surface area contributed by atoms with Gasteiger partial charge in [-0.2, -0.15) is 0 Å². The minimum Gasteiger partial charge on any atom is -0.397 e. The summed E-state index contributed by atoms with van der Waals surface area (Å²) in [4.78, 5) is 20.9. The van der Waals surface area contributed by atoms with Crippen molar-refractivity contribution in [3.05, 3.63) is 76.5 Å². The molecule has 2 aromatic heterocycles. The lowest BCUT2D eigenvalue weighted by molar-refractivity contribution is 0.0959. The molecule has 1 aliphatic rings. The summed E-state index contributed by atoms with van der Waals surface area (Å²) in [5, 5.41) is 7.19. The van der Waals surface area contributed by atoms with Gasteiger partial charge in [-0.1, -0.05) is 18.2 Å². The summed E-state index contributed by atoms with van der Waals surface area (Å²) >= 11 is 1.32. The van der Waals surface area contributed by atoms with Gasteiger partial charge >= 0.3 is 0 Å². The number of aryl methyl sites for hydroxylation is 1. The first-order valence-electron chi connectivity index (χ1n) is 11.8. The Kier molecular flexibility index (Phi) is 6.66. The van der Waals surface area contributed by atoms with E-state index in [1.54, 1.807) is 12.1 Å². The third-order valence-corrected chi connectivity index (χ3v) is 7.41. The van der Waals surface area contributed by atoms with Crippen molar-refractivity contribution in [2.45, 2.75) is 13.3 Å². The highest BCUT2D eigenvalue weighted by Gasteiger charge is 2.18. The Morgan fingerprint density at radius 3 is 2.80 bits per heavy atom. The molecule has 6 nitrogen and oxygen atoms in total. The smallest absolute Gasteiger partial charge is 0.263 e. The molecule has 8 heteroatoms. The SMILES string of the molecule is Cc1ccc2c(N)c(C(=O)NCCc3ccc(N4CCNCC4)c(-c4cccc(F)c4)c3)sc2n1. The molecule has 0 radical (unpaired) electrons. The molecule has 180 valence electrons. The molecule has 5 rings (SSSR count). The van der Waals surface area contributed by atoms with E-state index in [0.29, 0.717) is 23.5 Å². The third kappa shape index (κ3) is 4.99. The number of nitrogens with one attached hydrogen (secondary N) is 2. The Bertz CT molecular complexity index is 1380. The van der Waals surface area contributed by atoms with Crippen LogP contribution in [-0.2, 0) is 6.42 Å². The van der Waals surface area contributed by atoms with Crippen molar-refractivity contribution in [3.63, 3.8) is 0 Å². The standard InChI is InChI=1S/C27H28FN5OS/c1-17-5-7-21-24(29)25(35-27(21)32-17)26(34)31-10-9-18-6-8-23(33-13-11-30-12-14-33)22(15-18)19-3-2-4-20(28)16-19/h2-8,15-16,30H,9-14,29H2,1H3,(H,31,34). The number of hydrogen-bond acceptors (Lipinski definition) is 6. The van der Waals surface area contributed by atoms with Crippen LogP contribution in [0.1, 0.15) is 20.9 Å². The molecular formula is C27H28FN5OS. The number of carbonyl (C=O) groups excluding carboxylic acids is 1. The molecule has 35 heavy (non-hydrogen) atoms. The van der Waals surface area contributed by atoms with Crippen LogP contribution in [0, 0.1) is 12.7 Å². The van der Waals surface area contributed by atoms with Crippen LogP contribution in [0.4, 0.5) is 15.8 Å². The predicted octanol–water partition coefficient (Wildman–Crippen LogP) is 4.38. The first kappa shape index (κ1) is 23.3. The molecule has 4 N–H and O–H groups in total. The predicted molar refractivity (Wildman–Crippen MR) is 142 cm³/mol. The van der Waals surface area contributed by atoms with Crippen LogP contribution < -0.4 is 21.3 Å². The highest BCUT2D eigenvalue weighted by Crippen LogP contribution is 2.34. The summed E-state index contributed by atoms with van der Waals surface area (Å²) < 4.78 is 14.0. The summed E-state index contributed by atoms with van der Waals surface area (Å²) in [6, 6.07) is 16.8. The number of nitrogen functional groups attached to an aromatic ring is 1. The number of nitrogens with two attached hydrogens (primary N) is 1. The minimum atomic E-state index is -0.253. The number of pyridine rings is 1. The van der Waals surface area contributed by atoms with E-state index in [2.05, 4.69) is 38.7 Å². The summed E-state index contributed by atoms with van der Waals surface area (Å²) in [7, 11) is 0. The van der Waals surface area contributed by atoms with Gasteiger partial charge in [0.05, 0.1) is 5.69 Å². The van der Waals surface area contributed by atoms with E-state index in [1.165, 1.54) is 17.4 Å². The molecule has 4 aromatic rings. The quantitative estimate of drug-likeness (QED) is 0.375. The highest BCUT2D eigenvalue weighted by molar-refractivity contribution is 7.21. The van der Waals surface area contributed by atoms with E-state index in [4.69, 9.17) is 5.73 Å². The molecule has 0 aliphatic carbocycles. The summed E-state index contributed by atoms with van der Waals surface area (Å²) in [6.45, 7) is 6.04. The molecular weight excluding hydrogens is 461 g/mol. The van der Waals surface area contributed by atoms with Crippen LogP contribution in [0.2, 0.25) is 0 Å². The number of halogens is 1. The summed E-state index contributed by atoms with van der Waals surface area (Å²) in [6.07, 6.45) is 0.651. The van der Waals surface area contributed by atoms with Crippen molar-refractivity contribution in [2.24, 2.45) is 0 Å². The maximum Gasteiger partial charge on any atom is 0.263 e. The van der Waals surface area contributed by atoms with Crippen molar-refractivity contribution in [2.75, 3.05) is 43.4 Å². The van der Waals surface area contributed by atoms with E-state index in [-0.39, 0.29) is 11.7 Å². The van der Waals surface area contributed by atoms with E-state index in [9.17, 15) is 9.18 Å². The van der Waals surface area contributed by atoms with Crippen LogP contribution in [0.25, 0.3) is 21.3 Å². The Morgan fingerprint density at radius 1 is 1.17 bits per heavy atom. The molecule has 1 fully saturated rings. The largest absolute Gasteiger partial charge is 0.397 e. The number of thiophene rings is 1. The van der Waals surface area contributed by atoms with Crippen LogP contribution in [0.15, 0.2) is 54.6 Å². The number of benzene rings is 2. The van der Waals surface area contributed by atoms with Gasteiger partial charge in [0.15, 0.2) is 0 Å². The zero-order chi connectivity index (χ0) is 24.4. The molecule has 1 saturated heterocycles. The number of fused-ring (bicyclic) bond motifs is 1. The number of hydrogen-bond donors (Lipinski definition) is 3. The number of piperazine rings is 1. The third-order valence-electron chi connectivity index (χ3n) is 6.29. The van der Waals surface area contributed by atoms with Gasteiger partial charge in [-0.3, -0.25) is 4.79 Å². The van der Waals surface area contributed by atoms with Gasteiger partial charge < -0.3 is 21.3 Å². The maximum atomic E-state index is 14.0. The lowest BCUT2D eigenvalue weighted by atomic mass is 9.98. The monoisotopic (exact) mass is 489 g/mol. The maximum absolute atomic E-state index is 14.0. The number of nitrogens with zero attached hydrogens (tertiary/aromatic N) is 2. The van der Waals surface area contributed by atoms with Crippen molar-refractivity contribution in [3.8, 4) is 11.1 Å². The van der Waals surface area contributed by atoms with Crippen LogP contribution in [0.3, 0.4) is 0 Å². The number of rotatable bonds is 6. The van der Waals surface area contributed by atoms with Crippen LogP contribution >= 0.6 is 11.3 Å². The first-order valence-corrected chi connectivity index (χ1v) is 12.6. The lowest BCUT2D eigenvalue weighted by Crippen LogP contribution is -2.43. The van der Waals surface area contributed by atoms with Gasteiger partial charge in [-0.15, -0.1) is 11.3 Å². The van der Waals surface area contributed by atoms with Gasteiger partial charge in [0.25, 0.3) is 5.91 Å². The van der Waals surface area contributed by atoms with Gasteiger partial charge in [-0.25, -0.2) is 9.37 Å². The zero-order valence-electron chi connectivity index (χ0n) is 19.6. The number of anilines is 2. The molecule has 0 saturated carbocycles. The molecule has 1 amide bonds. The fourth-order valence-corrected chi connectivity index (χ4v) is 5.52. The Labute approximate surface area is 208 Å². The summed E-state index contributed by atoms with van der Waals surface area (Å²) in [5.41, 5.74) is 11.6. The average Bonchev–Trinajstić information content (AvgIpc) is 3.20. The van der Waals surface area contributed by atoms with E-state index < -0.39 is 0 Å². The average molecular weight is 490 g/mol. The Hall–Kier alpha value is -3.49. The number of carbonyl (C=O) groups is 1. The number of amides is 1. The van der Waals surface area contributed by atoms with Crippen molar-refractivity contribution in [1.82, 2.24) is 15.6 Å². The second-order valence-electron chi connectivity index (χ2n) is 8.76. The minimum absolute atomic E-state index is 0.189. The number of aromatic nitrogens is 1. The molecule has 0 spiro atoms.